The quantitative estimate of drug-likeness (QED) is 0.767. The Morgan fingerprint density at radius 1 is 1.21 bits per heavy atom. The van der Waals surface area contributed by atoms with Crippen LogP contribution in [0, 0.1) is 0 Å². The highest BCUT2D eigenvalue weighted by molar-refractivity contribution is 7.89. The molecule has 0 unspecified atom stereocenters. The minimum absolute atomic E-state index is 0.166. The molecule has 19 heavy (non-hydrogen) atoms. The third kappa shape index (κ3) is 7.65. The average Bonchev–Trinajstić information content (AvgIpc) is 2.23. The molecule has 0 fully saturated rings. The number of nitrogens with two attached hydrogens (primary N) is 1. The largest absolute Gasteiger partial charge is 0.573 e. The third-order valence-electron chi connectivity index (χ3n) is 2.05. The maximum Gasteiger partial charge on any atom is 0.573 e. The van der Waals surface area contributed by atoms with Crippen molar-refractivity contribution in [2.45, 2.75) is 12.9 Å². The second kappa shape index (κ2) is 6.22. The lowest BCUT2D eigenvalue weighted by molar-refractivity contribution is -0.274. The molecule has 0 bridgehead atoms. The third-order valence-corrected chi connectivity index (χ3v) is 2.82. The van der Waals surface area contributed by atoms with E-state index in [0.717, 1.165) is 0 Å². The zero-order valence-corrected chi connectivity index (χ0v) is 10.6. The molecule has 3 N–H and O–H groups in total. The monoisotopic (exact) mass is 298 g/mol. The zero-order valence-electron chi connectivity index (χ0n) is 9.77. The van der Waals surface area contributed by atoms with E-state index in [-0.39, 0.29) is 18.0 Å². The molecule has 0 aliphatic rings. The lowest BCUT2D eigenvalue weighted by Crippen LogP contribution is -2.26. The van der Waals surface area contributed by atoms with Crippen LogP contribution in [-0.2, 0) is 16.6 Å². The molecule has 5 nitrogen and oxygen atoms in total. The summed E-state index contributed by atoms with van der Waals surface area (Å²) < 4.78 is 60.7. The zero-order chi connectivity index (χ0) is 14.5. The summed E-state index contributed by atoms with van der Waals surface area (Å²) in [7, 11) is -3.51. The maximum absolute atomic E-state index is 11.9. The second-order valence-corrected chi connectivity index (χ2v) is 5.47. The van der Waals surface area contributed by atoms with Crippen LogP contribution < -0.4 is 15.2 Å². The van der Waals surface area contributed by atoms with Crippen LogP contribution in [0.4, 0.5) is 13.2 Å². The van der Waals surface area contributed by atoms with Crippen molar-refractivity contribution in [1.82, 2.24) is 5.32 Å². The van der Waals surface area contributed by atoms with Crippen molar-refractivity contribution in [3.05, 3.63) is 29.8 Å². The Bertz CT molecular complexity index is 500. The fraction of sp³-hybridized carbons (Fsp3) is 0.400. The lowest BCUT2D eigenvalue weighted by atomic mass is 10.2. The Morgan fingerprint density at radius 2 is 1.79 bits per heavy atom. The average molecular weight is 298 g/mol. The summed E-state index contributed by atoms with van der Waals surface area (Å²) in [4.78, 5) is 0. The highest BCUT2D eigenvalue weighted by Crippen LogP contribution is 2.22. The molecule has 1 aromatic carbocycles. The molecule has 108 valence electrons. The summed E-state index contributed by atoms with van der Waals surface area (Å²) in [6.07, 6.45) is -4.71. The van der Waals surface area contributed by atoms with E-state index < -0.39 is 16.4 Å². The maximum atomic E-state index is 11.9. The van der Waals surface area contributed by atoms with Crippen LogP contribution in [0.25, 0.3) is 0 Å². The first-order valence-corrected chi connectivity index (χ1v) is 6.93. The predicted octanol–water partition coefficient (Wildman–Crippen LogP) is 0.963. The molecule has 0 saturated heterocycles. The minimum Gasteiger partial charge on any atom is -0.406 e. The summed E-state index contributed by atoms with van der Waals surface area (Å²) in [6, 6.07) is 5.27. The smallest absolute Gasteiger partial charge is 0.406 e. The van der Waals surface area contributed by atoms with Crippen molar-refractivity contribution in [1.29, 1.82) is 0 Å². The number of rotatable bonds is 6. The van der Waals surface area contributed by atoms with Gasteiger partial charge in [-0.15, -0.1) is 13.2 Å². The SMILES string of the molecule is NS(=O)(=O)CCNCc1ccc(OC(F)(F)F)cc1. The second-order valence-electron chi connectivity index (χ2n) is 3.74. The first-order chi connectivity index (χ1) is 8.66. The van der Waals surface area contributed by atoms with Crippen LogP contribution in [0.1, 0.15) is 5.56 Å². The number of nitrogens with one attached hydrogen (secondary N) is 1. The van der Waals surface area contributed by atoms with Gasteiger partial charge in [0.05, 0.1) is 5.75 Å². The van der Waals surface area contributed by atoms with Crippen LogP contribution in [0.3, 0.4) is 0 Å². The van der Waals surface area contributed by atoms with Gasteiger partial charge in [-0.1, -0.05) is 12.1 Å². The van der Waals surface area contributed by atoms with Crippen molar-refractivity contribution in [2.75, 3.05) is 12.3 Å². The number of halogens is 3. The van der Waals surface area contributed by atoms with Gasteiger partial charge in [-0.3, -0.25) is 0 Å². The Labute approximate surface area is 108 Å². The number of ether oxygens (including phenoxy) is 1. The summed E-state index contributed by atoms with van der Waals surface area (Å²) >= 11 is 0. The number of sulfonamides is 1. The Morgan fingerprint density at radius 3 is 2.26 bits per heavy atom. The van der Waals surface area contributed by atoms with Crippen LogP contribution >= 0.6 is 0 Å². The predicted molar refractivity (Wildman–Crippen MR) is 62.8 cm³/mol. The molecule has 0 atom stereocenters. The normalized spacial score (nSPS) is 12.4. The molecule has 0 aliphatic carbocycles. The van der Waals surface area contributed by atoms with E-state index in [1.807, 2.05) is 0 Å². The van der Waals surface area contributed by atoms with E-state index in [1.165, 1.54) is 24.3 Å². The highest BCUT2D eigenvalue weighted by atomic mass is 32.2. The Kier molecular flexibility index (Phi) is 5.15. The number of primary sulfonamides is 1. The Balaban J connectivity index is 2.40. The Hall–Kier alpha value is -1.32. The standard InChI is InChI=1S/C10H13F3N2O3S/c11-10(12,13)18-9-3-1-8(2-4-9)7-15-5-6-19(14,16)17/h1-4,15H,5-7H2,(H2,14,16,17). The topological polar surface area (TPSA) is 81.4 Å². The van der Waals surface area contributed by atoms with Crippen LogP contribution in [0.5, 0.6) is 5.75 Å². The highest BCUT2D eigenvalue weighted by Gasteiger charge is 2.30. The summed E-state index contributed by atoms with van der Waals surface area (Å²) in [5, 5.41) is 7.61. The number of alkyl halides is 3. The van der Waals surface area contributed by atoms with Crippen molar-refractivity contribution in [3.8, 4) is 5.75 Å². The van der Waals surface area contributed by atoms with Gasteiger partial charge in [-0.2, -0.15) is 0 Å². The van der Waals surface area contributed by atoms with Crippen molar-refractivity contribution < 1.29 is 26.3 Å². The van der Waals surface area contributed by atoms with Gasteiger partial charge in [-0.05, 0) is 17.7 Å². The van der Waals surface area contributed by atoms with Gasteiger partial charge in [0.2, 0.25) is 10.0 Å². The number of hydrogen-bond donors (Lipinski definition) is 2. The first kappa shape index (κ1) is 15.7. The van der Waals surface area contributed by atoms with E-state index in [0.29, 0.717) is 12.1 Å². The van der Waals surface area contributed by atoms with Gasteiger partial charge >= 0.3 is 6.36 Å². The van der Waals surface area contributed by atoms with Gasteiger partial charge in [0, 0.05) is 13.1 Å². The summed E-state index contributed by atoms with van der Waals surface area (Å²) in [5.74, 6) is -0.511. The van der Waals surface area contributed by atoms with E-state index in [1.54, 1.807) is 0 Å². The molecule has 1 aromatic rings. The van der Waals surface area contributed by atoms with Gasteiger partial charge in [0.1, 0.15) is 5.75 Å². The van der Waals surface area contributed by atoms with Crippen molar-refractivity contribution in [3.63, 3.8) is 0 Å². The molecule has 0 radical (unpaired) electrons. The molecule has 0 amide bonds. The minimum atomic E-state index is -4.71. The van der Waals surface area contributed by atoms with Gasteiger partial charge in [0.25, 0.3) is 0 Å². The fourth-order valence-corrected chi connectivity index (χ4v) is 1.68. The van der Waals surface area contributed by atoms with Crippen molar-refractivity contribution >= 4 is 10.0 Å². The molecule has 1 rings (SSSR count). The van der Waals surface area contributed by atoms with Crippen LogP contribution in [0.2, 0.25) is 0 Å². The van der Waals surface area contributed by atoms with Gasteiger partial charge < -0.3 is 10.1 Å². The van der Waals surface area contributed by atoms with Crippen LogP contribution in [-0.4, -0.2) is 27.1 Å². The van der Waals surface area contributed by atoms with E-state index >= 15 is 0 Å². The molecule has 0 aromatic heterocycles. The number of hydrogen-bond acceptors (Lipinski definition) is 4. The fourth-order valence-electron chi connectivity index (χ4n) is 1.26. The molecule has 0 heterocycles. The molecular formula is C10H13F3N2O3S. The first-order valence-electron chi connectivity index (χ1n) is 5.21. The molecular weight excluding hydrogens is 285 g/mol. The summed E-state index contributed by atoms with van der Waals surface area (Å²) in [5.41, 5.74) is 0.698. The van der Waals surface area contributed by atoms with Crippen molar-refractivity contribution in [2.24, 2.45) is 5.14 Å². The molecule has 0 spiro atoms. The molecule has 0 aliphatic heterocycles. The van der Waals surface area contributed by atoms with E-state index in [9.17, 15) is 21.6 Å². The van der Waals surface area contributed by atoms with E-state index in [4.69, 9.17) is 5.14 Å². The van der Waals surface area contributed by atoms with Gasteiger partial charge in [0.15, 0.2) is 0 Å². The van der Waals surface area contributed by atoms with Gasteiger partial charge in [-0.25, -0.2) is 13.6 Å². The number of benzene rings is 1. The summed E-state index contributed by atoms with van der Waals surface area (Å²) in [6.45, 7) is 0.488. The molecule has 0 saturated carbocycles. The van der Waals surface area contributed by atoms with Crippen LogP contribution in [0.15, 0.2) is 24.3 Å². The van der Waals surface area contributed by atoms with E-state index in [2.05, 4.69) is 10.1 Å². The molecule has 9 heteroatoms. The lowest BCUT2D eigenvalue weighted by Gasteiger charge is -2.09.